The van der Waals surface area contributed by atoms with Gasteiger partial charge >= 0.3 is 0 Å². The topological polar surface area (TPSA) is 40.6 Å². The Balaban J connectivity index is 1.60. The van der Waals surface area contributed by atoms with Gasteiger partial charge in [-0.05, 0) is 32.1 Å². The van der Waals surface area contributed by atoms with Crippen molar-refractivity contribution in [1.82, 2.24) is 9.80 Å². The summed E-state index contributed by atoms with van der Waals surface area (Å²) in [7, 11) is 0. The number of hydrogen-bond acceptors (Lipinski definition) is 2. The Morgan fingerprint density at radius 2 is 1.68 bits per heavy atom. The Kier molecular flexibility index (Phi) is 3.76. The summed E-state index contributed by atoms with van der Waals surface area (Å²) in [4.78, 5) is 28.6. The van der Waals surface area contributed by atoms with Crippen molar-refractivity contribution in [2.24, 2.45) is 5.92 Å². The van der Waals surface area contributed by atoms with Gasteiger partial charge in [0.25, 0.3) is 0 Å². The summed E-state index contributed by atoms with van der Waals surface area (Å²) in [5.41, 5.74) is 0. The Morgan fingerprint density at radius 1 is 1.00 bits per heavy atom. The number of piperidine rings is 1. The van der Waals surface area contributed by atoms with Gasteiger partial charge in [0.1, 0.15) is 0 Å². The summed E-state index contributed by atoms with van der Waals surface area (Å²) in [6, 6.07) is 0.423. The number of amides is 2. The lowest BCUT2D eigenvalue weighted by molar-refractivity contribution is -0.136. The summed E-state index contributed by atoms with van der Waals surface area (Å²) in [5, 5.41) is 0. The lowest BCUT2D eigenvalue weighted by atomic mass is 10.0. The highest BCUT2D eigenvalue weighted by Gasteiger charge is 2.40. The zero-order chi connectivity index (χ0) is 13.2. The molecule has 2 saturated heterocycles. The molecule has 0 aromatic carbocycles. The van der Waals surface area contributed by atoms with Crippen LogP contribution in [0.25, 0.3) is 0 Å². The van der Waals surface area contributed by atoms with Gasteiger partial charge in [0.05, 0.1) is 5.92 Å². The molecule has 2 heterocycles. The van der Waals surface area contributed by atoms with Crippen molar-refractivity contribution in [3.05, 3.63) is 0 Å². The van der Waals surface area contributed by atoms with Gasteiger partial charge in [-0.2, -0.15) is 0 Å². The van der Waals surface area contributed by atoms with Gasteiger partial charge < -0.3 is 9.80 Å². The molecule has 1 saturated carbocycles. The first kappa shape index (κ1) is 12.9. The molecule has 0 unspecified atom stereocenters. The summed E-state index contributed by atoms with van der Waals surface area (Å²) in [6.45, 7) is 2.47. The molecule has 0 aromatic rings. The van der Waals surface area contributed by atoms with Gasteiger partial charge in [0.2, 0.25) is 11.8 Å². The van der Waals surface area contributed by atoms with E-state index in [9.17, 15) is 9.59 Å². The van der Waals surface area contributed by atoms with E-state index in [1.807, 2.05) is 9.80 Å². The van der Waals surface area contributed by atoms with Gasteiger partial charge in [-0.15, -0.1) is 0 Å². The standard InChI is InChI=1S/C15H24N2O2/c18-14-10-12(11-17(14)13-6-2-3-7-13)15(19)16-8-4-1-5-9-16/h12-13H,1-11H2/t12-/m1/s1. The second-order valence-corrected chi connectivity index (χ2v) is 6.27. The summed E-state index contributed by atoms with van der Waals surface area (Å²) in [5.74, 6) is 0.377. The molecule has 3 aliphatic rings. The van der Waals surface area contributed by atoms with Crippen LogP contribution >= 0.6 is 0 Å². The van der Waals surface area contributed by atoms with Crippen LogP contribution in [0.1, 0.15) is 51.4 Å². The second kappa shape index (κ2) is 5.51. The van der Waals surface area contributed by atoms with E-state index in [-0.39, 0.29) is 17.7 Å². The van der Waals surface area contributed by atoms with Crippen LogP contribution in [-0.2, 0) is 9.59 Å². The normalized spacial score (nSPS) is 29.3. The Morgan fingerprint density at radius 3 is 2.37 bits per heavy atom. The van der Waals surface area contributed by atoms with Crippen molar-refractivity contribution >= 4 is 11.8 Å². The largest absolute Gasteiger partial charge is 0.342 e. The van der Waals surface area contributed by atoms with Crippen molar-refractivity contribution in [3.63, 3.8) is 0 Å². The average molecular weight is 264 g/mol. The molecule has 0 aromatic heterocycles. The summed E-state index contributed by atoms with van der Waals surface area (Å²) in [6.07, 6.45) is 8.68. The van der Waals surface area contributed by atoms with E-state index < -0.39 is 0 Å². The highest BCUT2D eigenvalue weighted by molar-refractivity contribution is 5.89. The Labute approximate surface area is 115 Å². The van der Waals surface area contributed by atoms with Crippen molar-refractivity contribution < 1.29 is 9.59 Å². The minimum Gasteiger partial charge on any atom is -0.342 e. The van der Waals surface area contributed by atoms with Crippen molar-refractivity contribution in [3.8, 4) is 0 Å². The maximum absolute atomic E-state index is 12.5. The maximum atomic E-state index is 12.5. The van der Waals surface area contributed by atoms with E-state index in [4.69, 9.17) is 0 Å². The van der Waals surface area contributed by atoms with E-state index in [0.29, 0.717) is 19.0 Å². The molecule has 0 bridgehead atoms. The summed E-state index contributed by atoms with van der Waals surface area (Å²) >= 11 is 0. The molecule has 0 spiro atoms. The number of carbonyl (C=O) groups excluding carboxylic acids is 2. The number of likely N-dealkylation sites (tertiary alicyclic amines) is 2. The van der Waals surface area contributed by atoms with Gasteiger partial charge in [0, 0.05) is 32.1 Å². The SMILES string of the molecule is O=C([C@@H]1CC(=O)N(C2CCCC2)C1)N1CCCCC1. The third kappa shape index (κ3) is 2.63. The predicted octanol–water partition coefficient (Wildman–Crippen LogP) is 1.79. The van der Waals surface area contributed by atoms with E-state index in [1.54, 1.807) is 0 Å². The van der Waals surface area contributed by atoms with Crippen LogP contribution in [0.15, 0.2) is 0 Å². The highest BCUT2D eigenvalue weighted by Crippen LogP contribution is 2.30. The van der Waals surface area contributed by atoms with Crippen LogP contribution in [0.4, 0.5) is 0 Å². The van der Waals surface area contributed by atoms with E-state index >= 15 is 0 Å². The molecule has 0 radical (unpaired) electrons. The van der Waals surface area contributed by atoms with E-state index in [1.165, 1.54) is 19.3 Å². The highest BCUT2D eigenvalue weighted by atomic mass is 16.2. The van der Waals surface area contributed by atoms with Crippen LogP contribution in [-0.4, -0.2) is 47.3 Å². The Hall–Kier alpha value is -1.06. The average Bonchev–Trinajstić information content (AvgIpc) is 3.08. The molecule has 3 fully saturated rings. The lowest BCUT2D eigenvalue weighted by Crippen LogP contribution is -2.41. The third-order valence-electron chi connectivity index (χ3n) is 4.94. The van der Waals surface area contributed by atoms with E-state index in [0.717, 1.165) is 38.8 Å². The van der Waals surface area contributed by atoms with Crippen molar-refractivity contribution in [2.45, 2.75) is 57.4 Å². The van der Waals surface area contributed by atoms with E-state index in [2.05, 4.69) is 0 Å². The molecular formula is C15H24N2O2. The molecule has 19 heavy (non-hydrogen) atoms. The van der Waals surface area contributed by atoms with Gasteiger partial charge in [-0.25, -0.2) is 0 Å². The number of hydrogen-bond donors (Lipinski definition) is 0. The molecular weight excluding hydrogens is 240 g/mol. The maximum Gasteiger partial charge on any atom is 0.227 e. The van der Waals surface area contributed by atoms with Crippen molar-refractivity contribution in [1.29, 1.82) is 0 Å². The quantitative estimate of drug-likeness (QED) is 0.763. The van der Waals surface area contributed by atoms with Crippen LogP contribution < -0.4 is 0 Å². The molecule has 3 rings (SSSR count). The minimum atomic E-state index is -0.0637. The molecule has 2 aliphatic heterocycles. The molecule has 4 heteroatoms. The molecule has 106 valence electrons. The van der Waals surface area contributed by atoms with Gasteiger partial charge in [-0.1, -0.05) is 12.8 Å². The molecule has 2 amide bonds. The lowest BCUT2D eigenvalue weighted by Gasteiger charge is -2.29. The fourth-order valence-corrected chi connectivity index (χ4v) is 3.84. The fourth-order valence-electron chi connectivity index (χ4n) is 3.84. The van der Waals surface area contributed by atoms with Crippen LogP contribution in [0.2, 0.25) is 0 Å². The van der Waals surface area contributed by atoms with Crippen molar-refractivity contribution in [2.75, 3.05) is 19.6 Å². The smallest absolute Gasteiger partial charge is 0.227 e. The summed E-state index contributed by atoms with van der Waals surface area (Å²) < 4.78 is 0. The fraction of sp³-hybridized carbons (Fsp3) is 0.867. The first-order valence-electron chi connectivity index (χ1n) is 7.84. The van der Waals surface area contributed by atoms with Gasteiger partial charge in [-0.3, -0.25) is 9.59 Å². The minimum absolute atomic E-state index is 0.0637. The van der Waals surface area contributed by atoms with Crippen LogP contribution in [0.5, 0.6) is 0 Å². The predicted molar refractivity (Wildman–Crippen MR) is 72.5 cm³/mol. The monoisotopic (exact) mass is 264 g/mol. The zero-order valence-electron chi connectivity index (χ0n) is 11.6. The molecule has 1 atom stereocenters. The van der Waals surface area contributed by atoms with Gasteiger partial charge in [0.15, 0.2) is 0 Å². The third-order valence-corrected chi connectivity index (χ3v) is 4.94. The Bertz CT molecular complexity index is 357. The number of rotatable bonds is 2. The number of nitrogens with zero attached hydrogens (tertiary/aromatic N) is 2. The van der Waals surface area contributed by atoms with Crippen LogP contribution in [0.3, 0.4) is 0 Å². The molecule has 0 N–H and O–H groups in total. The zero-order valence-corrected chi connectivity index (χ0v) is 11.6. The van der Waals surface area contributed by atoms with Crippen LogP contribution in [0, 0.1) is 5.92 Å². The first-order chi connectivity index (χ1) is 9.25. The molecule has 4 nitrogen and oxygen atoms in total. The number of carbonyl (C=O) groups is 2. The second-order valence-electron chi connectivity index (χ2n) is 6.27. The molecule has 1 aliphatic carbocycles. The first-order valence-corrected chi connectivity index (χ1v) is 7.84.